The molecule has 2 rings (SSSR count). The van der Waals surface area contributed by atoms with Gasteiger partial charge in [0, 0.05) is 67.6 Å². The molecule has 0 aromatic rings. The SMILES string of the molecule is CCS(=O)C1CCCC(NC(=NC)NCCCCN2CCN(C)CC2)C1.I. The maximum atomic E-state index is 12.1. The third-order valence-corrected chi connectivity index (χ3v) is 7.38. The first-order valence-electron chi connectivity index (χ1n) is 10.4. The van der Waals surface area contributed by atoms with E-state index in [1.807, 2.05) is 14.0 Å². The molecule has 3 atom stereocenters. The molecule has 1 heterocycles. The second kappa shape index (κ2) is 14.1. The Hall–Kier alpha value is 0.0700. The predicted molar refractivity (Wildman–Crippen MR) is 128 cm³/mol. The summed E-state index contributed by atoms with van der Waals surface area (Å²) in [5, 5.41) is 7.36. The summed E-state index contributed by atoms with van der Waals surface area (Å²) in [6, 6.07) is 0.404. The smallest absolute Gasteiger partial charge is 0.191 e. The summed E-state index contributed by atoms with van der Waals surface area (Å²) in [4.78, 5) is 9.35. The number of hydrogen-bond donors (Lipinski definition) is 2. The van der Waals surface area contributed by atoms with Crippen LogP contribution in [0.3, 0.4) is 0 Å². The molecule has 1 aliphatic carbocycles. The Morgan fingerprint density at radius 3 is 2.59 bits per heavy atom. The first kappa shape index (κ1) is 25.1. The molecule has 0 aromatic heterocycles. The van der Waals surface area contributed by atoms with E-state index in [4.69, 9.17) is 0 Å². The van der Waals surface area contributed by atoms with Gasteiger partial charge in [-0.05, 0) is 45.7 Å². The second-order valence-electron chi connectivity index (χ2n) is 7.65. The molecule has 1 saturated heterocycles. The Labute approximate surface area is 185 Å². The van der Waals surface area contributed by atoms with Crippen LogP contribution in [-0.2, 0) is 10.8 Å². The van der Waals surface area contributed by atoms with Crippen LogP contribution in [-0.4, -0.2) is 90.4 Å². The molecule has 160 valence electrons. The van der Waals surface area contributed by atoms with Gasteiger partial charge in [0.1, 0.15) is 0 Å². The maximum Gasteiger partial charge on any atom is 0.191 e. The highest BCUT2D eigenvalue weighted by atomic mass is 127. The molecule has 2 fully saturated rings. The summed E-state index contributed by atoms with van der Waals surface area (Å²) in [5.41, 5.74) is 0. The van der Waals surface area contributed by atoms with Gasteiger partial charge in [0.05, 0.1) is 0 Å². The maximum absolute atomic E-state index is 12.1. The van der Waals surface area contributed by atoms with Gasteiger partial charge in [0.2, 0.25) is 0 Å². The second-order valence-corrected chi connectivity index (χ2v) is 9.66. The average molecular weight is 514 g/mol. The van der Waals surface area contributed by atoms with Gasteiger partial charge < -0.3 is 20.4 Å². The molecular weight excluding hydrogens is 473 g/mol. The fraction of sp³-hybridized carbons (Fsp3) is 0.947. The largest absolute Gasteiger partial charge is 0.356 e. The van der Waals surface area contributed by atoms with E-state index in [9.17, 15) is 4.21 Å². The van der Waals surface area contributed by atoms with E-state index in [0.717, 1.165) is 43.9 Å². The van der Waals surface area contributed by atoms with E-state index < -0.39 is 10.8 Å². The summed E-state index contributed by atoms with van der Waals surface area (Å²) in [5.74, 6) is 1.68. The minimum atomic E-state index is -0.672. The van der Waals surface area contributed by atoms with Crippen LogP contribution in [0.15, 0.2) is 4.99 Å². The van der Waals surface area contributed by atoms with E-state index in [1.54, 1.807) is 0 Å². The number of unbranched alkanes of at least 4 members (excludes halogenated alkanes) is 1. The Kier molecular flexibility index (Phi) is 13.1. The molecular formula is C19H40IN5OS. The van der Waals surface area contributed by atoms with Gasteiger partial charge in [0.25, 0.3) is 0 Å². The lowest BCUT2D eigenvalue weighted by atomic mass is 9.95. The van der Waals surface area contributed by atoms with Crippen molar-refractivity contribution in [2.75, 3.05) is 59.1 Å². The molecule has 0 radical (unpaired) electrons. The van der Waals surface area contributed by atoms with Crippen LogP contribution in [0.2, 0.25) is 0 Å². The quantitative estimate of drug-likeness (QED) is 0.225. The molecule has 2 aliphatic rings. The van der Waals surface area contributed by atoms with Gasteiger partial charge >= 0.3 is 0 Å². The number of hydrogen-bond acceptors (Lipinski definition) is 4. The van der Waals surface area contributed by atoms with E-state index in [1.165, 1.54) is 45.6 Å². The number of aliphatic imine (C=N–C) groups is 1. The topological polar surface area (TPSA) is 60.0 Å². The van der Waals surface area contributed by atoms with E-state index >= 15 is 0 Å². The third kappa shape index (κ3) is 9.41. The van der Waals surface area contributed by atoms with Crippen LogP contribution in [0.5, 0.6) is 0 Å². The van der Waals surface area contributed by atoms with Crippen LogP contribution in [0.4, 0.5) is 0 Å². The molecule has 0 spiro atoms. The summed E-state index contributed by atoms with van der Waals surface area (Å²) in [7, 11) is 3.37. The highest BCUT2D eigenvalue weighted by Crippen LogP contribution is 2.22. The van der Waals surface area contributed by atoms with Crippen molar-refractivity contribution >= 4 is 40.7 Å². The highest BCUT2D eigenvalue weighted by molar-refractivity contribution is 14.0. The first-order valence-corrected chi connectivity index (χ1v) is 11.8. The van der Waals surface area contributed by atoms with Gasteiger partial charge in [0.15, 0.2) is 5.96 Å². The zero-order valence-electron chi connectivity index (χ0n) is 17.4. The van der Waals surface area contributed by atoms with Crippen molar-refractivity contribution in [1.82, 2.24) is 20.4 Å². The van der Waals surface area contributed by atoms with Crippen molar-refractivity contribution in [3.05, 3.63) is 0 Å². The van der Waals surface area contributed by atoms with Crippen molar-refractivity contribution in [2.45, 2.75) is 56.7 Å². The van der Waals surface area contributed by atoms with Gasteiger partial charge in [-0.1, -0.05) is 13.3 Å². The number of rotatable bonds is 8. The molecule has 1 aliphatic heterocycles. The zero-order valence-corrected chi connectivity index (χ0v) is 20.6. The van der Waals surface area contributed by atoms with Crippen molar-refractivity contribution < 1.29 is 4.21 Å². The van der Waals surface area contributed by atoms with Crippen molar-refractivity contribution in [3.63, 3.8) is 0 Å². The predicted octanol–water partition coefficient (Wildman–Crippen LogP) is 1.88. The monoisotopic (exact) mass is 513 g/mol. The van der Waals surface area contributed by atoms with Crippen LogP contribution in [0.25, 0.3) is 0 Å². The third-order valence-electron chi connectivity index (χ3n) is 5.64. The summed E-state index contributed by atoms with van der Waals surface area (Å²) < 4.78 is 12.1. The Balaban J connectivity index is 0.00000364. The number of nitrogens with zero attached hydrogens (tertiary/aromatic N) is 3. The molecule has 0 amide bonds. The first-order chi connectivity index (χ1) is 12.6. The molecule has 2 N–H and O–H groups in total. The van der Waals surface area contributed by atoms with Crippen molar-refractivity contribution in [3.8, 4) is 0 Å². The lowest BCUT2D eigenvalue weighted by Gasteiger charge is -2.32. The lowest BCUT2D eigenvalue weighted by molar-refractivity contribution is 0.152. The highest BCUT2D eigenvalue weighted by Gasteiger charge is 2.26. The number of halogens is 1. The number of piperazine rings is 1. The standard InChI is InChI=1S/C19H39N5OS.HI/c1-4-26(25)18-9-7-8-17(16-18)22-19(20-2)21-10-5-6-11-24-14-12-23(3)13-15-24;/h17-18H,4-16H2,1-3H3,(H2,20,21,22);1H. The molecule has 3 unspecified atom stereocenters. The number of likely N-dealkylation sites (N-methyl/N-ethyl adjacent to an activating group) is 1. The summed E-state index contributed by atoms with van der Waals surface area (Å²) in [6.45, 7) is 8.99. The summed E-state index contributed by atoms with van der Waals surface area (Å²) in [6.07, 6.45) is 6.83. The molecule has 8 heteroatoms. The van der Waals surface area contributed by atoms with Gasteiger partial charge in [-0.3, -0.25) is 9.20 Å². The van der Waals surface area contributed by atoms with Gasteiger partial charge in [-0.25, -0.2) is 0 Å². The Morgan fingerprint density at radius 2 is 1.93 bits per heavy atom. The minimum Gasteiger partial charge on any atom is -0.356 e. The van der Waals surface area contributed by atoms with Crippen molar-refractivity contribution in [2.24, 2.45) is 4.99 Å². The van der Waals surface area contributed by atoms with E-state index in [2.05, 4.69) is 32.5 Å². The molecule has 0 bridgehead atoms. The number of nitrogens with one attached hydrogen (secondary N) is 2. The van der Waals surface area contributed by atoms with Crippen LogP contribution < -0.4 is 10.6 Å². The molecule has 27 heavy (non-hydrogen) atoms. The van der Waals surface area contributed by atoms with Crippen LogP contribution in [0, 0.1) is 0 Å². The van der Waals surface area contributed by atoms with Gasteiger partial charge in [-0.15, -0.1) is 24.0 Å². The Bertz CT molecular complexity index is 457. The Morgan fingerprint density at radius 1 is 1.19 bits per heavy atom. The van der Waals surface area contributed by atoms with Gasteiger partial charge in [-0.2, -0.15) is 0 Å². The fourth-order valence-electron chi connectivity index (χ4n) is 3.88. The molecule has 6 nitrogen and oxygen atoms in total. The van der Waals surface area contributed by atoms with Crippen LogP contribution in [0.1, 0.15) is 45.4 Å². The molecule has 1 saturated carbocycles. The van der Waals surface area contributed by atoms with Crippen LogP contribution >= 0.6 is 24.0 Å². The summed E-state index contributed by atoms with van der Waals surface area (Å²) >= 11 is 0. The minimum absolute atomic E-state index is 0. The van der Waals surface area contributed by atoms with E-state index in [-0.39, 0.29) is 24.0 Å². The molecule has 0 aromatic carbocycles. The zero-order chi connectivity index (χ0) is 18.8. The van der Waals surface area contributed by atoms with Crippen molar-refractivity contribution in [1.29, 1.82) is 0 Å². The fourth-order valence-corrected chi connectivity index (χ4v) is 5.23. The number of guanidine groups is 1. The average Bonchev–Trinajstić information content (AvgIpc) is 2.67. The van der Waals surface area contributed by atoms with E-state index in [0.29, 0.717) is 11.3 Å². The normalized spacial score (nSPS) is 26.3. The lowest BCUT2D eigenvalue weighted by Crippen LogP contribution is -2.47.